The minimum Gasteiger partial charge on any atom is -0.378 e. The van der Waals surface area contributed by atoms with Gasteiger partial charge in [0.05, 0.1) is 18.8 Å². The SMILES string of the molecule is CC1(N)COCCNC1Cc1ccccc1.Cl. The van der Waals surface area contributed by atoms with Crippen molar-refractivity contribution in [2.24, 2.45) is 5.73 Å². The summed E-state index contributed by atoms with van der Waals surface area (Å²) in [5.74, 6) is 0. The molecule has 96 valence electrons. The fraction of sp³-hybridized carbons (Fsp3) is 0.538. The van der Waals surface area contributed by atoms with Crippen molar-refractivity contribution in [1.82, 2.24) is 5.32 Å². The monoisotopic (exact) mass is 256 g/mol. The van der Waals surface area contributed by atoms with Crippen LogP contribution in [0, 0.1) is 0 Å². The van der Waals surface area contributed by atoms with Crippen LogP contribution >= 0.6 is 12.4 Å². The van der Waals surface area contributed by atoms with Crippen molar-refractivity contribution in [2.45, 2.75) is 24.9 Å². The fourth-order valence-electron chi connectivity index (χ4n) is 2.09. The van der Waals surface area contributed by atoms with Gasteiger partial charge in [0, 0.05) is 12.6 Å². The number of halogens is 1. The average Bonchev–Trinajstić information content (AvgIpc) is 2.43. The number of nitrogens with one attached hydrogen (secondary N) is 1. The van der Waals surface area contributed by atoms with Crippen LogP contribution < -0.4 is 11.1 Å². The third-order valence-electron chi connectivity index (χ3n) is 3.13. The van der Waals surface area contributed by atoms with E-state index in [-0.39, 0.29) is 24.0 Å². The second kappa shape index (κ2) is 6.36. The van der Waals surface area contributed by atoms with E-state index in [0.717, 1.165) is 19.6 Å². The Labute approximate surface area is 109 Å². The minimum atomic E-state index is -0.299. The van der Waals surface area contributed by atoms with Crippen LogP contribution in [-0.4, -0.2) is 31.3 Å². The van der Waals surface area contributed by atoms with Gasteiger partial charge in [-0.05, 0) is 18.9 Å². The number of hydrogen-bond acceptors (Lipinski definition) is 3. The van der Waals surface area contributed by atoms with E-state index >= 15 is 0 Å². The van der Waals surface area contributed by atoms with E-state index in [2.05, 4.69) is 36.5 Å². The first-order chi connectivity index (χ1) is 7.68. The summed E-state index contributed by atoms with van der Waals surface area (Å²) >= 11 is 0. The first-order valence-electron chi connectivity index (χ1n) is 5.82. The van der Waals surface area contributed by atoms with Crippen LogP contribution in [-0.2, 0) is 11.2 Å². The molecule has 0 aliphatic carbocycles. The molecular weight excluding hydrogens is 236 g/mol. The number of rotatable bonds is 2. The van der Waals surface area contributed by atoms with Gasteiger partial charge >= 0.3 is 0 Å². The van der Waals surface area contributed by atoms with E-state index in [1.807, 2.05) is 6.07 Å². The summed E-state index contributed by atoms with van der Waals surface area (Å²) in [6.07, 6.45) is 0.956. The molecule has 1 fully saturated rings. The van der Waals surface area contributed by atoms with Crippen molar-refractivity contribution in [2.75, 3.05) is 19.8 Å². The molecule has 0 amide bonds. The maximum absolute atomic E-state index is 6.28. The number of ether oxygens (including phenoxy) is 1. The Morgan fingerprint density at radius 1 is 1.41 bits per heavy atom. The van der Waals surface area contributed by atoms with Gasteiger partial charge in [0.15, 0.2) is 0 Å². The third-order valence-corrected chi connectivity index (χ3v) is 3.13. The first kappa shape index (κ1) is 14.5. The minimum absolute atomic E-state index is 0. The predicted octanol–water partition coefficient (Wildman–Crippen LogP) is 1.36. The molecule has 1 aromatic carbocycles. The van der Waals surface area contributed by atoms with Crippen LogP contribution in [0.5, 0.6) is 0 Å². The molecule has 1 heterocycles. The largest absolute Gasteiger partial charge is 0.378 e. The van der Waals surface area contributed by atoms with Crippen molar-refractivity contribution in [3.8, 4) is 0 Å². The molecule has 2 rings (SSSR count). The van der Waals surface area contributed by atoms with Crippen molar-refractivity contribution in [1.29, 1.82) is 0 Å². The number of nitrogens with two attached hydrogens (primary N) is 1. The zero-order valence-corrected chi connectivity index (χ0v) is 11.0. The standard InChI is InChI=1S/C13H20N2O.ClH/c1-13(14)10-16-8-7-15-12(13)9-11-5-3-2-4-6-11;/h2-6,12,15H,7-10,14H2,1H3;1H. The zero-order chi connectivity index (χ0) is 11.4. The Bertz CT molecular complexity index is 329. The lowest BCUT2D eigenvalue weighted by Crippen LogP contribution is -2.57. The van der Waals surface area contributed by atoms with E-state index in [1.54, 1.807) is 0 Å². The van der Waals surface area contributed by atoms with Crippen molar-refractivity contribution in [3.63, 3.8) is 0 Å². The van der Waals surface area contributed by atoms with Gasteiger partial charge in [-0.2, -0.15) is 0 Å². The quantitative estimate of drug-likeness (QED) is 0.840. The van der Waals surface area contributed by atoms with Crippen molar-refractivity contribution < 1.29 is 4.74 Å². The summed E-state index contributed by atoms with van der Waals surface area (Å²) in [6, 6.07) is 10.7. The molecule has 2 unspecified atom stereocenters. The summed E-state index contributed by atoms with van der Waals surface area (Å²) in [5, 5.41) is 3.47. The van der Waals surface area contributed by atoms with Crippen LogP contribution in [0.25, 0.3) is 0 Å². The van der Waals surface area contributed by atoms with E-state index in [0.29, 0.717) is 6.61 Å². The number of hydrogen-bond donors (Lipinski definition) is 2. The molecular formula is C13H21ClN2O. The van der Waals surface area contributed by atoms with Crippen LogP contribution in [0.2, 0.25) is 0 Å². The van der Waals surface area contributed by atoms with Gasteiger partial charge in [0.2, 0.25) is 0 Å². The van der Waals surface area contributed by atoms with E-state index in [4.69, 9.17) is 10.5 Å². The molecule has 3 nitrogen and oxygen atoms in total. The highest BCUT2D eigenvalue weighted by atomic mass is 35.5. The van der Waals surface area contributed by atoms with Crippen molar-refractivity contribution in [3.05, 3.63) is 35.9 Å². The molecule has 2 atom stereocenters. The molecule has 17 heavy (non-hydrogen) atoms. The molecule has 1 aromatic rings. The Morgan fingerprint density at radius 3 is 2.82 bits per heavy atom. The van der Waals surface area contributed by atoms with Crippen LogP contribution in [0.4, 0.5) is 0 Å². The summed E-state index contributed by atoms with van der Waals surface area (Å²) in [6.45, 7) is 4.30. The van der Waals surface area contributed by atoms with Gasteiger partial charge in [0.25, 0.3) is 0 Å². The van der Waals surface area contributed by atoms with E-state index in [1.165, 1.54) is 5.56 Å². The highest BCUT2D eigenvalue weighted by Gasteiger charge is 2.31. The highest BCUT2D eigenvalue weighted by molar-refractivity contribution is 5.85. The van der Waals surface area contributed by atoms with Crippen molar-refractivity contribution >= 4 is 12.4 Å². The summed E-state index contributed by atoms with van der Waals surface area (Å²) in [7, 11) is 0. The van der Waals surface area contributed by atoms with E-state index in [9.17, 15) is 0 Å². The molecule has 3 N–H and O–H groups in total. The van der Waals surface area contributed by atoms with Gasteiger partial charge in [-0.15, -0.1) is 12.4 Å². The normalized spacial score (nSPS) is 29.2. The fourth-order valence-corrected chi connectivity index (χ4v) is 2.09. The first-order valence-corrected chi connectivity index (χ1v) is 5.82. The Morgan fingerprint density at radius 2 is 2.12 bits per heavy atom. The summed E-state index contributed by atoms with van der Waals surface area (Å²) < 4.78 is 5.49. The molecule has 4 heteroatoms. The van der Waals surface area contributed by atoms with E-state index < -0.39 is 0 Å². The Kier molecular flexibility index (Phi) is 5.40. The third kappa shape index (κ3) is 3.96. The predicted molar refractivity (Wildman–Crippen MR) is 72.6 cm³/mol. The van der Waals surface area contributed by atoms with Crippen LogP contribution in [0.15, 0.2) is 30.3 Å². The lowest BCUT2D eigenvalue weighted by molar-refractivity contribution is 0.107. The van der Waals surface area contributed by atoms with Crippen LogP contribution in [0.3, 0.4) is 0 Å². The lowest BCUT2D eigenvalue weighted by atomic mass is 9.89. The van der Waals surface area contributed by atoms with Gasteiger partial charge in [-0.1, -0.05) is 30.3 Å². The number of benzene rings is 1. The molecule has 0 spiro atoms. The average molecular weight is 257 g/mol. The topological polar surface area (TPSA) is 47.3 Å². The second-order valence-corrected chi connectivity index (χ2v) is 4.75. The smallest absolute Gasteiger partial charge is 0.0659 e. The zero-order valence-electron chi connectivity index (χ0n) is 10.2. The second-order valence-electron chi connectivity index (χ2n) is 4.75. The maximum Gasteiger partial charge on any atom is 0.0659 e. The van der Waals surface area contributed by atoms with Gasteiger partial charge in [-0.3, -0.25) is 0 Å². The summed E-state index contributed by atoms with van der Waals surface area (Å²) in [4.78, 5) is 0. The molecule has 0 saturated carbocycles. The Balaban J connectivity index is 0.00000144. The van der Waals surface area contributed by atoms with Gasteiger partial charge in [0.1, 0.15) is 0 Å². The molecule has 0 aromatic heterocycles. The maximum atomic E-state index is 6.28. The molecule has 1 saturated heterocycles. The molecule has 0 radical (unpaired) electrons. The molecule has 0 bridgehead atoms. The highest BCUT2D eigenvalue weighted by Crippen LogP contribution is 2.15. The van der Waals surface area contributed by atoms with Crippen LogP contribution in [0.1, 0.15) is 12.5 Å². The van der Waals surface area contributed by atoms with Gasteiger partial charge in [-0.25, -0.2) is 0 Å². The van der Waals surface area contributed by atoms with Gasteiger partial charge < -0.3 is 15.8 Å². The Hall–Kier alpha value is -0.610. The molecule has 1 aliphatic rings. The molecule has 1 aliphatic heterocycles. The lowest BCUT2D eigenvalue weighted by Gasteiger charge is -2.32. The summed E-state index contributed by atoms with van der Waals surface area (Å²) in [5.41, 5.74) is 7.30.